The highest BCUT2D eigenvalue weighted by Gasteiger charge is 2.52. The minimum Gasteiger partial charge on any atom is -0.497 e. The summed E-state index contributed by atoms with van der Waals surface area (Å²) in [6, 6.07) is 35.2. The summed E-state index contributed by atoms with van der Waals surface area (Å²) in [4.78, 5) is 90.2. The minimum absolute atomic E-state index is 0. The molecular formula is C66H50BF6N12O6. The zero-order chi connectivity index (χ0) is 64.4. The molecule has 0 saturated carbocycles. The molecule has 9 aromatic rings. The smallest absolute Gasteiger partial charge is 0.266 e. The minimum atomic E-state index is -1.57. The number of benzene rings is 6. The second-order valence-electron chi connectivity index (χ2n) is 20.6. The molecule has 91 heavy (non-hydrogen) atoms. The maximum atomic E-state index is 14.6. The Bertz CT molecular complexity index is 4260. The number of methoxy groups -OCH3 is 1. The van der Waals surface area contributed by atoms with Crippen LogP contribution in [0.5, 0.6) is 5.75 Å². The van der Waals surface area contributed by atoms with Crippen molar-refractivity contribution in [2.75, 3.05) is 28.3 Å². The van der Waals surface area contributed by atoms with Crippen molar-refractivity contribution in [1.29, 1.82) is 0 Å². The number of nitrogens with zero attached hydrogens (tertiary/aromatic N) is 9. The van der Waals surface area contributed by atoms with Crippen molar-refractivity contribution in [3.63, 3.8) is 0 Å². The third-order valence-electron chi connectivity index (χ3n) is 15.4. The standard InChI is InChI=1S/C22H18F2N4O2.2C22H16F2N4O2.B/c1-28-20(29)22(27-21(28)25,14-3-6-17(30-2)7-4-14)15-5-8-19(24)18(10-15)13-9-16(23)12-26-11-13;2*1-28-20(30)22(27-21(28)25,15-4-2-13(12-29)3-5-15)16-6-7-19(24)18(9-16)14-8-17(23)11-26-10-14;/h3-12H,1-2H3,(H2,25,27);2*2-12H,1H3,(H2,25,27);/t;2*22-;/m.10./s1. The summed E-state index contributed by atoms with van der Waals surface area (Å²) in [6.45, 7) is 0. The number of hydrogen-bond donors (Lipinski definition) is 3. The van der Waals surface area contributed by atoms with Gasteiger partial charge < -0.3 is 21.9 Å². The zero-order valence-electron chi connectivity index (χ0n) is 48.5. The second kappa shape index (κ2) is 25.6. The molecule has 6 aromatic carbocycles. The molecule has 3 atom stereocenters. The van der Waals surface area contributed by atoms with Crippen LogP contribution in [0.25, 0.3) is 33.4 Å². The van der Waals surface area contributed by atoms with Crippen molar-refractivity contribution in [2.45, 2.75) is 16.6 Å². The van der Waals surface area contributed by atoms with Crippen LogP contribution in [-0.2, 0) is 31.0 Å². The van der Waals surface area contributed by atoms with E-state index in [4.69, 9.17) is 21.9 Å². The lowest BCUT2D eigenvalue weighted by Gasteiger charge is -2.27. The van der Waals surface area contributed by atoms with Crippen LogP contribution in [0.4, 0.5) is 26.3 Å². The predicted octanol–water partition coefficient (Wildman–Crippen LogP) is 8.42. The zero-order valence-corrected chi connectivity index (χ0v) is 48.5. The summed E-state index contributed by atoms with van der Waals surface area (Å²) in [6.07, 6.45) is 8.45. The average molecular weight is 1230 g/mol. The molecule has 0 bridgehead atoms. The van der Waals surface area contributed by atoms with Gasteiger partial charge in [-0.05, 0) is 100 Å². The molecule has 3 aliphatic heterocycles. The fraction of sp³-hybridized carbons (Fsp3) is 0.106. The Morgan fingerprint density at radius 1 is 0.396 bits per heavy atom. The number of carbonyl (C=O) groups excluding carboxylic acids is 5. The third kappa shape index (κ3) is 11.6. The van der Waals surface area contributed by atoms with Gasteiger partial charge in [-0.15, -0.1) is 0 Å². The maximum absolute atomic E-state index is 14.6. The first-order chi connectivity index (χ1) is 43.1. The molecule has 0 aliphatic carbocycles. The number of guanidine groups is 3. The summed E-state index contributed by atoms with van der Waals surface area (Å²) in [5, 5.41) is 0. The van der Waals surface area contributed by atoms with Crippen molar-refractivity contribution in [3.8, 4) is 39.1 Å². The van der Waals surface area contributed by atoms with Crippen molar-refractivity contribution < 1.29 is 55.1 Å². The molecule has 6 heterocycles. The molecule has 3 amide bonds. The fourth-order valence-corrected chi connectivity index (χ4v) is 10.6. The Morgan fingerprint density at radius 2 is 0.659 bits per heavy atom. The normalized spacial score (nSPS) is 18.2. The fourth-order valence-electron chi connectivity index (χ4n) is 10.6. The van der Waals surface area contributed by atoms with Gasteiger partial charge in [0.05, 0.1) is 25.7 Å². The number of aromatic nitrogens is 3. The first-order valence-electron chi connectivity index (χ1n) is 27.0. The summed E-state index contributed by atoms with van der Waals surface area (Å²) < 4.78 is 90.0. The molecular weight excluding hydrogens is 1180 g/mol. The van der Waals surface area contributed by atoms with Gasteiger partial charge in [-0.1, -0.05) is 78.9 Å². The van der Waals surface area contributed by atoms with E-state index in [2.05, 4.69) is 29.9 Å². The molecule has 455 valence electrons. The van der Waals surface area contributed by atoms with Gasteiger partial charge in [0.15, 0.2) is 34.5 Å². The summed E-state index contributed by atoms with van der Waals surface area (Å²) in [7, 11) is 6.04. The number of nitrogens with two attached hydrogens (primary N) is 3. The lowest BCUT2D eigenvalue weighted by Crippen LogP contribution is -2.41. The molecule has 12 rings (SSSR count). The van der Waals surface area contributed by atoms with Crippen LogP contribution < -0.4 is 21.9 Å². The van der Waals surface area contributed by atoms with Crippen LogP contribution in [0.15, 0.2) is 198 Å². The SMILES string of the molecule is CN1C(=O)[C@@](c2ccc(C=O)cc2)(c2ccc(F)c(-c3cncc(F)c3)c2)N=C1N.CN1C(=O)[C@](c2ccc(C=O)cc2)(c2ccc(F)c(-c3cncc(F)c3)c2)N=C1N.COc1ccc(C2(c3ccc(F)c(-c4cncc(F)c4)c3)N=C(N)N(C)C2=O)cc1.[B]. The van der Waals surface area contributed by atoms with Crippen molar-refractivity contribution in [2.24, 2.45) is 32.2 Å². The Hall–Kier alpha value is -11.6. The van der Waals surface area contributed by atoms with E-state index in [1.165, 1.54) is 122 Å². The predicted molar refractivity (Wildman–Crippen MR) is 327 cm³/mol. The highest BCUT2D eigenvalue weighted by Crippen LogP contribution is 2.45. The molecule has 1 unspecified atom stereocenters. The van der Waals surface area contributed by atoms with Crippen LogP contribution in [0.2, 0.25) is 0 Å². The molecule has 6 N–H and O–H groups in total. The lowest BCUT2D eigenvalue weighted by atomic mass is 9.81. The number of aliphatic imine (C=N–C) groups is 3. The Kier molecular flexibility index (Phi) is 18.0. The van der Waals surface area contributed by atoms with Gasteiger partial charge in [-0.3, -0.25) is 53.6 Å². The molecule has 0 saturated heterocycles. The van der Waals surface area contributed by atoms with E-state index >= 15 is 0 Å². The van der Waals surface area contributed by atoms with E-state index in [0.29, 0.717) is 62.8 Å². The number of hydrogen-bond acceptors (Lipinski definition) is 15. The van der Waals surface area contributed by atoms with Gasteiger partial charge in [-0.2, -0.15) is 0 Å². The van der Waals surface area contributed by atoms with Crippen LogP contribution in [0, 0.1) is 34.9 Å². The van der Waals surface area contributed by atoms with E-state index < -0.39 is 63.3 Å². The first-order valence-corrected chi connectivity index (χ1v) is 27.0. The number of rotatable bonds is 12. The van der Waals surface area contributed by atoms with E-state index in [0.717, 1.165) is 30.7 Å². The Labute approximate surface area is 517 Å². The third-order valence-corrected chi connectivity index (χ3v) is 15.4. The molecule has 3 radical (unpaired) electrons. The number of ether oxygens (including phenoxy) is 1. The van der Waals surface area contributed by atoms with E-state index in [1.54, 1.807) is 72.8 Å². The summed E-state index contributed by atoms with van der Waals surface area (Å²) in [5.74, 6) is -4.23. The molecule has 0 fully saturated rings. The van der Waals surface area contributed by atoms with Gasteiger partial charge >= 0.3 is 0 Å². The van der Waals surface area contributed by atoms with Gasteiger partial charge in [-0.25, -0.2) is 41.3 Å². The lowest BCUT2D eigenvalue weighted by molar-refractivity contribution is -0.130. The number of aldehydes is 2. The van der Waals surface area contributed by atoms with Crippen LogP contribution >= 0.6 is 0 Å². The van der Waals surface area contributed by atoms with Crippen molar-refractivity contribution in [3.05, 3.63) is 262 Å². The van der Waals surface area contributed by atoms with Gasteiger partial charge in [0.25, 0.3) is 17.7 Å². The molecule has 18 nitrogen and oxygen atoms in total. The van der Waals surface area contributed by atoms with Crippen LogP contribution in [0.3, 0.4) is 0 Å². The van der Waals surface area contributed by atoms with Crippen molar-refractivity contribution >= 4 is 56.6 Å². The topological polar surface area (TPSA) is 258 Å². The molecule has 25 heteroatoms. The van der Waals surface area contributed by atoms with E-state index in [9.17, 15) is 50.3 Å². The summed E-state index contributed by atoms with van der Waals surface area (Å²) >= 11 is 0. The number of halogens is 6. The highest BCUT2D eigenvalue weighted by molar-refractivity contribution is 6.11. The maximum Gasteiger partial charge on any atom is 0.266 e. The van der Waals surface area contributed by atoms with Gasteiger partial charge in [0, 0.05) is 92.7 Å². The average Bonchev–Trinajstić information content (AvgIpc) is 1.67. The number of carbonyl (C=O) groups is 5. The molecule has 3 aromatic heterocycles. The van der Waals surface area contributed by atoms with E-state index in [1.807, 2.05) is 0 Å². The second-order valence-corrected chi connectivity index (χ2v) is 20.6. The first kappa shape index (κ1) is 63.9. The van der Waals surface area contributed by atoms with Crippen LogP contribution in [0.1, 0.15) is 54.1 Å². The summed E-state index contributed by atoms with van der Waals surface area (Å²) in [5.41, 5.74) is 17.5. The van der Waals surface area contributed by atoms with Crippen molar-refractivity contribution in [1.82, 2.24) is 29.7 Å². The quantitative estimate of drug-likeness (QED) is 0.0592. The Morgan fingerprint density at radius 3 is 0.890 bits per heavy atom. The largest absolute Gasteiger partial charge is 0.497 e. The molecule has 0 spiro atoms. The highest BCUT2D eigenvalue weighted by atomic mass is 19.1. The number of pyridine rings is 3. The van der Waals surface area contributed by atoms with Gasteiger partial charge in [0.2, 0.25) is 0 Å². The Balaban J connectivity index is 0.000000161. The number of amides is 3. The number of likely N-dealkylation sites (N-methyl/N-ethyl adjacent to an activating group) is 3. The van der Waals surface area contributed by atoms with Crippen LogP contribution in [-0.4, -0.2) is 114 Å². The van der Waals surface area contributed by atoms with E-state index in [-0.39, 0.29) is 65.6 Å². The molecule has 3 aliphatic rings. The van der Waals surface area contributed by atoms with Gasteiger partial charge in [0.1, 0.15) is 53.2 Å². The monoisotopic (exact) mass is 1230 g/mol.